The molecule has 0 aromatic carbocycles. The van der Waals surface area contributed by atoms with Gasteiger partial charge in [0.2, 0.25) is 5.91 Å². The van der Waals surface area contributed by atoms with E-state index in [1.165, 1.54) is 4.68 Å². The minimum atomic E-state index is -0.281. The van der Waals surface area contributed by atoms with Crippen molar-refractivity contribution in [1.29, 1.82) is 0 Å². The quantitative estimate of drug-likeness (QED) is 0.561. The fourth-order valence-electron chi connectivity index (χ4n) is 3.55. The Morgan fingerprint density at radius 3 is 2.50 bits per heavy atom. The molecule has 0 bridgehead atoms. The molecule has 0 radical (unpaired) electrons. The molecule has 0 N–H and O–H groups in total. The van der Waals surface area contributed by atoms with Gasteiger partial charge in [-0.05, 0) is 20.0 Å². The Morgan fingerprint density at radius 2 is 1.86 bits per heavy atom. The summed E-state index contributed by atoms with van der Waals surface area (Å²) in [6.07, 6.45) is 2.24. The number of likely N-dealkylation sites (N-methyl/N-ethyl adjacent to an activating group) is 2. The van der Waals surface area contributed by atoms with Crippen LogP contribution in [0.5, 0.6) is 0 Å². The van der Waals surface area contributed by atoms with Crippen molar-refractivity contribution in [3.8, 4) is 0 Å². The number of nitrogens with zero attached hydrogens (tertiary/aromatic N) is 5. The third kappa shape index (κ3) is 3.69. The van der Waals surface area contributed by atoms with Gasteiger partial charge in [-0.2, -0.15) is 5.10 Å². The van der Waals surface area contributed by atoms with Gasteiger partial charge in [0, 0.05) is 38.2 Å². The number of amides is 1. The first kappa shape index (κ1) is 20.1. The van der Waals surface area contributed by atoms with Crippen LogP contribution in [0, 0.1) is 0 Å². The molecule has 152 valence electrons. The van der Waals surface area contributed by atoms with Crippen molar-refractivity contribution < 1.29 is 9.21 Å². The second-order valence-corrected chi connectivity index (χ2v) is 6.77. The number of carbonyl (C=O) groups excluding carboxylic acids is 1. The highest BCUT2D eigenvalue weighted by Crippen LogP contribution is 2.20. The number of aromatic nitrogens is 3. The Labute approximate surface area is 164 Å². The summed E-state index contributed by atoms with van der Waals surface area (Å²) < 4.78 is 8.54. The lowest BCUT2D eigenvalue weighted by Gasteiger charge is -2.25. The van der Waals surface area contributed by atoms with Crippen LogP contribution in [0.1, 0.15) is 33.5 Å². The number of carbonyl (C=O) groups is 1. The van der Waals surface area contributed by atoms with Crippen molar-refractivity contribution in [1.82, 2.24) is 24.0 Å². The highest BCUT2D eigenvalue weighted by molar-refractivity contribution is 5.82. The number of rotatable bonds is 9. The molecule has 3 aromatic heterocycles. The second kappa shape index (κ2) is 8.60. The maximum Gasteiger partial charge on any atom is 0.291 e. The Balaban J connectivity index is 1.87. The Morgan fingerprint density at radius 1 is 1.11 bits per heavy atom. The van der Waals surface area contributed by atoms with Crippen LogP contribution < -0.4 is 5.56 Å². The second-order valence-electron chi connectivity index (χ2n) is 6.77. The first-order valence-electron chi connectivity index (χ1n) is 10.0. The molecule has 3 heterocycles. The number of fused-ring (bicyclic) bond motifs is 3. The third-order valence-electron chi connectivity index (χ3n) is 5.29. The van der Waals surface area contributed by atoms with Crippen LogP contribution >= 0.6 is 0 Å². The van der Waals surface area contributed by atoms with Gasteiger partial charge in [0.1, 0.15) is 17.9 Å². The maximum atomic E-state index is 12.9. The Hall–Kier alpha value is -2.61. The smallest absolute Gasteiger partial charge is 0.291 e. The van der Waals surface area contributed by atoms with E-state index in [1.54, 1.807) is 17.2 Å². The number of hydrogen-bond donors (Lipinski definition) is 0. The molecule has 0 saturated carbocycles. The summed E-state index contributed by atoms with van der Waals surface area (Å²) in [5, 5.41) is 4.47. The summed E-state index contributed by atoms with van der Waals surface area (Å²) in [5.41, 5.74) is 1.67. The Kier molecular flexibility index (Phi) is 6.18. The zero-order valence-electron chi connectivity index (χ0n) is 17.1. The number of aryl methyl sites for hydroxylation is 1. The molecular formula is C20H29N5O3. The molecule has 0 saturated heterocycles. The fraction of sp³-hybridized carbons (Fsp3) is 0.550. The molecule has 28 heavy (non-hydrogen) atoms. The van der Waals surface area contributed by atoms with Crippen LogP contribution in [-0.2, 0) is 17.8 Å². The highest BCUT2D eigenvalue weighted by atomic mass is 16.3. The molecule has 0 aliphatic rings. The van der Waals surface area contributed by atoms with Crippen LogP contribution in [0.2, 0.25) is 0 Å². The number of furan rings is 1. The summed E-state index contributed by atoms with van der Waals surface area (Å²) in [5.74, 6) is 0.635. The van der Waals surface area contributed by atoms with Crippen molar-refractivity contribution in [2.45, 2.75) is 40.7 Å². The van der Waals surface area contributed by atoms with E-state index < -0.39 is 0 Å². The van der Waals surface area contributed by atoms with E-state index in [0.29, 0.717) is 30.6 Å². The van der Waals surface area contributed by atoms with Crippen LogP contribution in [0.25, 0.3) is 16.6 Å². The average molecular weight is 387 g/mol. The van der Waals surface area contributed by atoms with E-state index in [2.05, 4.69) is 23.8 Å². The van der Waals surface area contributed by atoms with Crippen LogP contribution in [0.3, 0.4) is 0 Å². The van der Waals surface area contributed by atoms with Gasteiger partial charge in [0.15, 0.2) is 5.58 Å². The molecule has 8 nitrogen and oxygen atoms in total. The van der Waals surface area contributed by atoms with Crippen molar-refractivity contribution in [2.24, 2.45) is 0 Å². The molecule has 3 aromatic rings. The Bertz CT molecular complexity index is 1010. The van der Waals surface area contributed by atoms with E-state index in [9.17, 15) is 9.59 Å². The molecule has 1 amide bonds. The summed E-state index contributed by atoms with van der Waals surface area (Å²) in [6, 6.07) is 3.54. The topological polar surface area (TPSA) is 76.0 Å². The van der Waals surface area contributed by atoms with Crippen molar-refractivity contribution >= 4 is 22.5 Å². The summed E-state index contributed by atoms with van der Waals surface area (Å²) in [7, 11) is 0. The third-order valence-corrected chi connectivity index (χ3v) is 5.29. The minimum absolute atomic E-state index is 0.0546. The molecular weight excluding hydrogens is 358 g/mol. The van der Waals surface area contributed by atoms with Crippen molar-refractivity contribution in [2.75, 3.05) is 32.7 Å². The molecule has 0 aliphatic heterocycles. The van der Waals surface area contributed by atoms with Crippen LogP contribution in [-0.4, -0.2) is 62.6 Å². The minimum Gasteiger partial charge on any atom is -0.463 e. The van der Waals surface area contributed by atoms with E-state index >= 15 is 0 Å². The van der Waals surface area contributed by atoms with Gasteiger partial charge in [-0.1, -0.05) is 20.8 Å². The van der Waals surface area contributed by atoms with Crippen LogP contribution in [0.15, 0.2) is 27.6 Å². The van der Waals surface area contributed by atoms with E-state index in [-0.39, 0.29) is 18.0 Å². The predicted octanol–water partition coefficient (Wildman–Crippen LogP) is 1.99. The normalized spacial score (nSPS) is 11.8. The first-order chi connectivity index (χ1) is 13.5. The number of hydrogen-bond acceptors (Lipinski definition) is 5. The molecule has 8 heteroatoms. The zero-order valence-corrected chi connectivity index (χ0v) is 17.1. The van der Waals surface area contributed by atoms with Crippen LogP contribution in [0.4, 0.5) is 0 Å². The van der Waals surface area contributed by atoms with E-state index in [1.807, 2.05) is 24.3 Å². The largest absolute Gasteiger partial charge is 0.463 e. The van der Waals surface area contributed by atoms with Gasteiger partial charge >= 0.3 is 0 Å². The van der Waals surface area contributed by atoms with Crippen molar-refractivity contribution in [3.63, 3.8) is 0 Å². The van der Waals surface area contributed by atoms with Gasteiger partial charge in [-0.3, -0.25) is 14.0 Å². The maximum absolute atomic E-state index is 12.9. The fourth-order valence-corrected chi connectivity index (χ4v) is 3.55. The molecule has 0 spiro atoms. The molecule has 0 fully saturated rings. The lowest BCUT2D eigenvalue weighted by atomic mass is 10.4. The zero-order chi connectivity index (χ0) is 20.3. The molecule has 3 rings (SSSR count). The summed E-state index contributed by atoms with van der Waals surface area (Å²) in [4.78, 5) is 29.8. The van der Waals surface area contributed by atoms with Gasteiger partial charge < -0.3 is 14.2 Å². The highest BCUT2D eigenvalue weighted by Gasteiger charge is 2.19. The summed E-state index contributed by atoms with van der Waals surface area (Å²) in [6.45, 7) is 12.1. The van der Waals surface area contributed by atoms with Gasteiger partial charge in [-0.25, -0.2) is 4.68 Å². The molecule has 0 aliphatic carbocycles. The summed E-state index contributed by atoms with van der Waals surface area (Å²) >= 11 is 0. The predicted molar refractivity (Wildman–Crippen MR) is 109 cm³/mol. The first-order valence-corrected chi connectivity index (χ1v) is 10.0. The van der Waals surface area contributed by atoms with Gasteiger partial charge in [0.05, 0.1) is 11.8 Å². The lowest BCUT2D eigenvalue weighted by molar-refractivity contribution is -0.132. The molecule has 0 atom stereocenters. The lowest BCUT2D eigenvalue weighted by Crippen LogP contribution is -2.42. The SMILES string of the molecule is CCc1nn(CC(=O)N(CC)CCN(CC)CC)c(=O)c2cc3occc3n12. The average Bonchev–Trinajstić information content (AvgIpc) is 3.29. The standard InChI is InChI=1S/C20H29N5O3/c1-5-18-21-24(14-19(26)23(8-4)11-10-22(6-2)7-3)20(27)16-13-17-15(25(16)18)9-12-28-17/h9,12-13H,5-8,10-11,14H2,1-4H3. The monoisotopic (exact) mass is 387 g/mol. The van der Waals surface area contributed by atoms with Gasteiger partial charge in [-0.15, -0.1) is 0 Å². The molecule has 0 unspecified atom stereocenters. The van der Waals surface area contributed by atoms with Crippen molar-refractivity contribution in [3.05, 3.63) is 34.6 Å². The van der Waals surface area contributed by atoms with E-state index in [0.717, 1.165) is 31.0 Å². The van der Waals surface area contributed by atoms with Gasteiger partial charge in [0.25, 0.3) is 5.56 Å². The van der Waals surface area contributed by atoms with E-state index in [4.69, 9.17) is 4.42 Å².